The first-order chi connectivity index (χ1) is 8.11. The Morgan fingerprint density at radius 2 is 2.18 bits per heavy atom. The molecule has 0 amide bonds. The van der Waals surface area contributed by atoms with Crippen LogP contribution >= 0.6 is 0 Å². The van der Waals surface area contributed by atoms with Crippen LogP contribution in [0.4, 0.5) is 11.4 Å². The average molecular weight is 234 g/mol. The van der Waals surface area contributed by atoms with E-state index in [9.17, 15) is 0 Å². The third-order valence-corrected chi connectivity index (χ3v) is 3.65. The van der Waals surface area contributed by atoms with Crippen LogP contribution in [0.25, 0.3) is 0 Å². The van der Waals surface area contributed by atoms with Crippen molar-refractivity contribution in [3.8, 4) is 0 Å². The van der Waals surface area contributed by atoms with Crippen LogP contribution < -0.4 is 10.6 Å². The van der Waals surface area contributed by atoms with Gasteiger partial charge in [-0.1, -0.05) is 6.07 Å². The average Bonchev–Trinajstić information content (AvgIpc) is 2.30. The Labute approximate surface area is 104 Å². The van der Waals surface area contributed by atoms with Crippen molar-refractivity contribution in [3.05, 3.63) is 23.8 Å². The quantitative estimate of drug-likeness (QED) is 0.799. The molecule has 1 heterocycles. The predicted octanol–water partition coefficient (Wildman–Crippen LogP) is 2.58. The van der Waals surface area contributed by atoms with Gasteiger partial charge in [0.15, 0.2) is 0 Å². The fourth-order valence-corrected chi connectivity index (χ4v) is 2.64. The van der Waals surface area contributed by atoms with Crippen LogP contribution in [-0.4, -0.2) is 25.8 Å². The third kappa shape index (κ3) is 2.55. The number of nitrogen functional groups attached to an aromatic ring is 1. The van der Waals surface area contributed by atoms with Crippen molar-refractivity contribution in [2.24, 2.45) is 0 Å². The number of nitrogens with two attached hydrogens (primary N) is 1. The van der Waals surface area contributed by atoms with Crippen molar-refractivity contribution in [2.45, 2.75) is 38.8 Å². The van der Waals surface area contributed by atoms with Crippen LogP contribution in [0.1, 0.15) is 25.3 Å². The summed E-state index contributed by atoms with van der Waals surface area (Å²) in [4.78, 5) is 2.39. The normalized spacial score (nSPS) is 25.0. The lowest BCUT2D eigenvalue weighted by Crippen LogP contribution is -2.43. The zero-order chi connectivity index (χ0) is 12.4. The van der Waals surface area contributed by atoms with Gasteiger partial charge in [0.1, 0.15) is 0 Å². The zero-order valence-electron chi connectivity index (χ0n) is 10.9. The summed E-state index contributed by atoms with van der Waals surface area (Å²) in [5.41, 5.74) is 9.37. The minimum absolute atomic E-state index is 0.396. The van der Waals surface area contributed by atoms with Gasteiger partial charge in [0, 0.05) is 19.7 Å². The highest BCUT2D eigenvalue weighted by molar-refractivity contribution is 5.69. The maximum Gasteiger partial charge on any atom is 0.0607 e. The number of aryl methyl sites for hydroxylation is 1. The molecule has 1 aliphatic heterocycles. The van der Waals surface area contributed by atoms with Gasteiger partial charge >= 0.3 is 0 Å². The summed E-state index contributed by atoms with van der Waals surface area (Å²) < 4.78 is 5.44. The van der Waals surface area contributed by atoms with Gasteiger partial charge in [0.05, 0.1) is 17.5 Å². The molecular formula is C14H22N2O. The molecule has 0 radical (unpaired) electrons. The van der Waals surface area contributed by atoms with E-state index in [1.807, 2.05) is 6.07 Å². The molecule has 0 aliphatic carbocycles. The largest absolute Gasteiger partial charge is 0.397 e. The fraction of sp³-hybridized carbons (Fsp3) is 0.571. The number of benzene rings is 1. The molecule has 0 spiro atoms. The Bertz CT molecular complexity index is 392. The summed E-state index contributed by atoms with van der Waals surface area (Å²) in [6.45, 7) is 5.33. The number of methoxy groups -OCH3 is 1. The second-order valence-corrected chi connectivity index (χ2v) is 4.99. The molecule has 2 rings (SSSR count). The van der Waals surface area contributed by atoms with Gasteiger partial charge in [0.25, 0.3) is 0 Å². The van der Waals surface area contributed by atoms with Crippen LogP contribution in [0.15, 0.2) is 18.2 Å². The van der Waals surface area contributed by atoms with E-state index in [1.54, 1.807) is 7.11 Å². The molecule has 94 valence electrons. The first-order valence-corrected chi connectivity index (χ1v) is 6.27. The molecule has 1 aromatic rings. The number of hydrogen-bond acceptors (Lipinski definition) is 3. The smallest absolute Gasteiger partial charge is 0.0607 e. The first-order valence-electron chi connectivity index (χ1n) is 6.27. The number of rotatable bonds is 2. The molecule has 17 heavy (non-hydrogen) atoms. The summed E-state index contributed by atoms with van der Waals surface area (Å²) in [6.07, 6.45) is 2.55. The molecule has 0 saturated carbocycles. The molecule has 3 nitrogen and oxygen atoms in total. The Hall–Kier alpha value is -1.22. The molecule has 3 heteroatoms. The van der Waals surface area contributed by atoms with Crippen molar-refractivity contribution < 1.29 is 4.74 Å². The molecule has 0 aromatic heterocycles. The topological polar surface area (TPSA) is 38.5 Å². The van der Waals surface area contributed by atoms with Gasteiger partial charge in [-0.3, -0.25) is 0 Å². The number of nitrogens with zero attached hydrogens (tertiary/aromatic N) is 1. The maximum atomic E-state index is 6.11. The standard InChI is InChI=1S/C14H22N2O/c1-10-4-5-14(13(15)8-10)16-7-6-12(17-3)9-11(16)2/h4-5,8,11-12H,6-7,9,15H2,1-3H3. The van der Waals surface area contributed by atoms with Crippen molar-refractivity contribution >= 4 is 11.4 Å². The predicted molar refractivity (Wildman–Crippen MR) is 72.4 cm³/mol. The molecule has 1 aromatic carbocycles. The molecule has 2 atom stereocenters. The highest BCUT2D eigenvalue weighted by atomic mass is 16.5. The Morgan fingerprint density at radius 3 is 2.76 bits per heavy atom. The van der Waals surface area contributed by atoms with Gasteiger partial charge in [-0.25, -0.2) is 0 Å². The van der Waals surface area contributed by atoms with Crippen molar-refractivity contribution in [1.29, 1.82) is 0 Å². The third-order valence-electron chi connectivity index (χ3n) is 3.65. The number of hydrogen-bond donors (Lipinski definition) is 1. The van der Waals surface area contributed by atoms with E-state index in [2.05, 4.69) is 30.9 Å². The van der Waals surface area contributed by atoms with Crippen LogP contribution in [0.5, 0.6) is 0 Å². The number of anilines is 2. The lowest BCUT2D eigenvalue weighted by atomic mass is 9.99. The van der Waals surface area contributed by atoms with Crippen molar-refractivity contribution in [2.75, 3.05) is 24.3 Å². The van der Waals surface area contributed by atoms with E-state index in [1.165, 1.54) is 5.56 Å². The lowest BCUT2D eigenvalue weighted by Gasteiger charge is -2.39. The van der Waals surface area contributed by atoms with Crippen molar-refractivity contribution in [1.82, 2.24) is 0 Å². The van der Waals surface area contributed by atoms with E-state index in [0.29, 0.717) is 12.1 Å². The monoisotopic (exact) mass is 234 g/mol. The Balaban J connectivity index is 2.17. The molecule has 2 N–H and O–H groups in total. The molecule has 1 saturated heterocycles. The minimum atomic E-state index is 0.396. The SMILES string of the molecule is COC1CCN(c2ccc(C)cc2N)C(C)C1. The van der Waals surface area contributed by atoms with E-state index < -0.39 is 0 Å². The van der Waals surface area contributed by atoms with E-state index in [4.69, 9.17) is 10.5 Å². The number of ether oxygens (including phenoxy) is 1. The first kappa shape index (κ1) is 12.2. The summed E-state index contributed by atoms with van der Waals surface area (Å²) in [5, 5.41) is 0. The molecule has 1 aliphatic rings. The fourth-order valence-electron chi connectivity index (χ4n) is 2.64. The minimum Gasteiger partial charge on any atom is -0.397 e. The lowest BCUT2D eigenvalue weighted by molar-refractivity contribution is 0.0721. The van der Waals surface area contributed by atoms with E-state index in [-0.39, 0.29) is 0 Å². The Kier molecular flexibility index (Phi) is 3.57. The van der Waals surface area contributed by atoms with Crippen molar-refractivity contribution in [3.63, 3.8) is 0 Å². The second-order valence-electron chi connectivity index (χ2n) is 4.99. The van der Waals surface area contributed by atoms with Crippen LogP contribution in [0.3, 0.4) is 0 Å². The molecule has 2 unspecified atom stereocenters. The van der Waals surface area contributed by atoms with Crippen LogP contribution in [0.2, 0.25) is 0 Å². The second kappa shape index (κ2) is 4.96. The highest BCUT2D eigenvalue weighted by Crippen LogP contribution is 2.30. The molecular weight excluding hydrogens is 212 g/mol. The van der Waals surface area contributed by atoms with Crippen LogP contribution in [-0.2, 0) is 4.74 Å². The van der Waals surface area contributed by atoms with Gasteiger partial charge in [-0.2, -0.15) is 0 Å². The van der Waals surface area contributed by atoms with E-state index >= 15 is 0 Å². The zero-order valence-corrected chi connectivity index (χ0v) is 10.9. The molecule has 1 fully saturated rings. The van der Waals surface area contributed by atoms with Gasteiger partial charge in [-0.05, 0) is 44.4 Å². The number of piperidine rings is 1. The van der Waals surface area contributed by atoms with Gasteiger partial charge in [-0.15, -0.1) is 0 Å². The highest BCUT2D eigenvalue weighted by Gasteiger charge is 2.26. The summed E-state index contributed by atoms with van der Waals surface area (Å²) >= 11 is 0. The van der Waals surface area contributed by atoms with Crippen LogP contribution in [0, 0.1) is 6.92 Å². The molecule has 0 bridgehead atoms. The van der Waals surface area contributed by atoms with Gasteiger partial charge < -0.3 is 15.4 Å². The summed E-state index contributed by atoms with van der Waals surface area (Å²) in [6, 6.07) is 6.79. The van der Waals surface area contributed by atoms with Gasteiger partial charge in [0.2, 0.25) is 0 Å². The summed E-state index contributed by atoms with van der Waals surface area (Å²) in [7, 11) is 1.80. The Morgan fingerprint density at radius 1 is 1.41 bits per heavy atom. The summed E-state index contributed by atoms with van der Waals surface area (Å²) in [5.74, 6) is 0. The maximum absolute atomic E-state index is 6.11. The van der Waals surface area contributed by atoms with E-state index in [0.717, 1.165) is 30.8 Å².